The van der Waals surface area contributed by atoms with E-state index in [-0.39, 0.29) is 23.6 Å². The summed E-state index contributed by atoms with van der Waals surface area (Å²) in [6.45, 7) is 3.13. The number of aliphatic hydroxyl groups excluding tert-OH is 1. The molecule has 4 rings (SSSR count). The SMILES string of the molecule is CN1C[C@@H](O)CNS(=O)(=O)c2ccccc2O[C@H]2CN(CC3CC3)C[C@H]21. The smallest absolute Gasteiger partial charge is 0.244 e. The van der Waals surface area contributed by atoms with Crippen LogP contribution in [0.25, 0.3) is 0 Å². The molecule has 1 aromatic carbocycles. The van der Waals surface area contributed by atoms with E-state index in [0.29, 0.717) is 12.3 Å². The molecule has 1 saturated carbocycles. The van der Waals surface area contributed by atoms with E-state index in [4.69, 9.17) is 4.74 Å². The van der Waals surface area contributed by atoms with E-state index in [1.807, 2.05) is 7.05 Å². The molecule has 8 heteroatoms. The van der Waals surface area contributed by atoms with Gasteiger partial charge in [0, 0.05) is 32.7 Å². The fourth-order valence-electron chi connectivity index (χ4n) is 3.94. The summed E-state index contributed by atoms with van der Waals surface area (Å²) in [5.41, 5.74) is 0. The minimum Gasteiger partial charge on any atom is -0.486 e. The Labute approximate surface area is 155 Å². The van der Waals surface area contributed by atoms with Crippen LogP contribution in [0.5, 0.6) is 5.75 Å². The Bertz CT molecular complexity index is 753. The first-order valence-corrected chi connectivity index (χ1v) is 10.8. The monoisotopic (exact) mass is 381 g/mol. The Morgan fingerprint density at radius 1 is 1.23 bits per heavy atom. The van der Waals surface area contributed by atoms with Crippen molar-refractivity contribution >= 4 is 10.0 Å². The Kier molecular flexibility index (Phi) is 4.96. The number of β-amino-alcohol motifs (C(OH)–C–C–N with tert-alkyl or cyclic N) is 1. The highest BCUT2D eigenvalue weighted by Gasteiger charge is 2.40. The highest BCUT2D eigenvalue weighted by molar-refractivity contribution is 7.89. The first kappa shape index (κ1) is 18.2. The topological polar surface area (TPSA) is 82.1 Å². The third-order valence-electron chi connectivity index (χ3n) is 5.52. The Morgan fingerprint density at radius 3 is 2.77 bits per heavy atom. The lowest BCUT2D eigenvalue weighted by Crippen LogP contribution is -2.47. The number of rotatable bonds is 2. The second kappa shape index (κ2) is 7.09. The Hall–Kier alpha value is -1.19. The molecule has 0 radical (unpaired) electrons. The van der Waals surface area contributed by atoms with Gasteiger partial charge in [0.25, 0.3) is 0 Å². The molecule has 0 aromatic heterocycles. The lowest BCUT2D eigenvalue weighted by Gasteiger charge is -2.30. The number of sulfonamides is 1. The number of hydrogen-bond donors (Lipinski definition) is 2. The largest absolute Gasteiger partial charge is 0.486 e. The van der Waals surface area contributed by atoms with E-state index >= 15 is 0 Å². The van der Waals surface area contributed by atoms with E-state index < -0.39 is 16.1 Å². The minimum atomic E-state index is -3.73. The predicted molar refractivity (Wildman–Crippen MR) is 97.6 cm³/mol. The molecule has 0 unspecified atom stereocenters. The lowest BCUT2D eigenvalue weighted by atomic mass is 10.1. The number of likely N-dealkylation sites (tertiary alicyclic amines) is 1. The van der Waals surface area contributed by atoms with Crippen LogP contribution in [0.15, 0.2) is 29.2 Å². The molecule has 144 valence electrons. The first-order valence-electron chi connectivity index (χ1n) is 9.28. The molecule has 2 fully saturated rings. The van der Waals surface area contributed by atoms with E-state index in [2.05, 4.69) is 14.5 Å². The molecular weight excluding hydrogens is 354 g/mol. The second-order valence-electron chi connectivity index (χ2n) is 7.78. The number of aliphatic hydroxyl groups is 1. The Morgan fingerprint density at radius 2 is 2.00 bits per heavy atom. The van der Waals surface area contributed by atoms with Gasteiger partial charge >= 0.3 is 0 Å². The van der Waals surface area contributed by atoms with Gasteiger partial charge in [0.15, 0.2) is 0 Å². The van der Waals surface area contributed by atoms with Crippen LogP contribution in [-0.2, 0) is 10.0 Å². The van der Waals surface area contributed by atoms with Gasteiger partial charge in [-0.25, -0.2) is 13.1 Å². The zero-order chi connectivity index (χ0) is 18.3. The number of hydrogen-bond acceptors (Lipinski definition) is 6. The number of likely N-dealkylation sites (N-methyl/N-ethyl adjacent to an activating group) is 1. The maximum Gasteiger partial charge on any atom is 0.244 e. The molecule has 1 aromatic rings. The van der Waals surface area contributed by atoms with Crippen LogP contribution < -0.4 is 9.46 Å². The molecule has 1 saturated heterocycles. The van der Waals surface area contributed by atoms with Crippen LogP contribution in [0.3, 0.4) is 0 Å². The quantitative estimate of drug-likeness (QED) is 0.757. The summed E-state index contributed by atoms with van der Waals surface area (Å²) < 4.78 is 34.0. The van der Waals surface area contributed by atoms with Gasteiger partial charge < -0.3 is 9.84 Å². The van der Waals surface area contributed by atoms with Crippen LogP contribution in [0.4, 0.5) is 0 Å². The maximum absolute atomic E-state index is 12.6. The van der Waals surface area contributed by atoms with Crippen molar-refractivity contribution in [3.8, 4) is 5.75 Å². The van der Waals surface area contributed by atoms with Crippen molar-refractivity contribution in [2.75, 3.05) is 39.8 Å². The van der Waals surface area contributed by atoms with Gasteiger partial charge in [-0.2, -0.15) is 0 Å². The van der Waals surface area contributed by atoms with Crippen molar-refractivity contribution in [3.05, 3.63) is 24.3 Å². The molecule has 1 aliphatic carbocycles. The molecule has 0 bridgehead atoms. The average Bonchev–Trinajstić information content (AvgIpc) is 3.32. The van der Waals surface area contributed by atoms with Gasteiger partial charge in [0.05, 0.1) is 12.1 Å². The number of ether oxygens (including phenoxy) is 1. The van der Waals surface area contributed by atoms with Crippen LogP contribution >= 0.6 is 0 Å². The second-order valence-corrected chi connectivity index (χ2v) is 9.51. The number of nitrogens with one attached hydrogen (secondary N) is 1. The predicted octanol–water partition coefficient (Wildman–Crippen LogP) is 0.113. The summed E-state index contributed by atoms with van der Waals surface area (Å²) in [4.78, 5) is 4.65. The molecule has 2 aliphatic heterocycles. The van der Waals surface area contributed by atoms with Gasteiger partial charge in [-0.3, -0.25) is 9.80 Å². The van der Waals surface area contributed by atoms with E-state index in [9.17, 15) is 13.5 Å². The third kappa shape index (κ3) is 3.89. The minimum absolute atomic E-state index is 0.00974. The van der Waals surface area contributed by atoms with Crippen molar-refractivity contribution < 1.29 is 18.3 Å². The molecule has 3 aliphatic rings. The third-order valence-corrected chi connectivity index (χ3v) is 6.98. The molecule has 26 heavy (non-hydrogen) atoms. The van der Waals surface area contributed by atoms with Crippen molar-refractivity contribution in [2.45, 2.75) is 36.0 Å². The molecule has 2 heterocycles. The van der Waals surface area contributed by atoms with Crippen LogP contribution in [-0.4, -0.2) is 81.3 Å². The van der Waals surface area contributed by atoms with E-state index in [1.165, 1.54) is 12.8 Å². The first-order chi connectivity index (χ1) is 12.4. The number of nitrogens with zero attached hydrogens (tertiary/aromatic N) is 2. The Balaban J connectivity index is 1.65. The molecule has 2 N–H and O–H groups in total. The molecule has 3 atom stereocenters. The summed E-state index contributed by atoms with van der Waals surface area (Å²) in [7, 11) is -1.75. The van der Waals surface area contributed by atoms with Gasteiger partial charge in [-0.05, 0) is 37.9 Å². The fourth-order valence-corrected chi connectivity index (χ4v) is 5.14. The number of fused-ring (bicyclic) bond motifs is 2. The van der Waals surface area contributed by atoms with Crippen LogP contribution in [0.1, 0.15) is 12.8 Å². The van der Waals surface area contributed by atoms with E-state index in [1.54, 1.807) is 24.3 Å². The van der Waals surface area contributed by atoms with Crippen molar-refractivity contribution in [3.63, 3.8) is 0 Å². The maximum atomic E-state index is 12.6. The number of para-hydroxylation sites is 1. The van der Waals surface area contributed by atoms with E-state index in [0.717, 1.165) is 25.6 Å². The zero-order valence-corrected chi connectivity index (χ0v) is 15.9. The zero-order valence-electron chi connectivity index (χ0n) is 15.0. The van der Waals surface area contributed by atoms with Gasteiger partial charge in [0.1, 0.15) is 16.7 Å². The summed E-state index contributed by atoms with van der Waals surface area (Å²) in [5, 5.41) is 10.3. The standard InChI is InChI=1S/C18H27N3O4S/c1-20-10-14(22)8-19-26(23,24)18-5-3-2-4-16(18)25-17-12-21(11-15(17)20)9-13-6-7-13/h2-5,13-15,17,19,22H,6-12H2,1H3/t14-,15+,17-/m0/s1. The van der Waals surface area contributed by atoms with Crippen molar-refractivity contribution in [1.82, 2.24) is 14.5 Å². The summed E-state index contributed by atoms with van der Waals surface area (Å²) in [6.07, 6.45) is 1.71. The average molecular weight is 381 g/mol. The summed E-state index contributed by atoms with van der Waals surface area (Å²) in [5.74, 6) is 1.18. The lowest BCUT2D eigenvalue weighted by molar-refractivity contribution is 0.0713. The number of benzene rings is 1. The van der Waals surface area contributed by atoms with Crippen LogP contribution in [0, 0.1) is 5.92 Å². The van der Waals surface area contributed by atoms with Gasteiger partial charge in [-0.1, -0.05) is 12.1 Å². The molecule has 0 amide bonds. The summed E-state index contributed by atoms with van der Waals surface area (Å²) in [6, 6.07) is 6.87. The van der Waals surface area contributed by atoms with Crippen LogP contribution in [0.2, 0.25) is 0 Å². The highest BCUT2D eigenvalue weighted by atomic mass is 32.2. The molecular formula is C18H27N3O4S. The fraction of sp³-hybridized carbons (Fsp3) is 0.667. The van der Waals surface area contributed by atoms with Crippen molar-refractivity contribution in [1.29, 1.82) is 0 Å². The van der Waals surface area contributed by atoms with Gasteiger partial charge in [-0.15, -0.1) is 0 Å². The van der Waals surface area contributed by atoms with Crippen molar-refractivity contribution in [2.24, 2.45) is 5.92 Å². The summed E-state index contributed by atoms with van der Waals surface area (Å²) >= 11 is 0. The molecule has 0 spiro atoms. The van der Waals surface area contributed by atoms with Gasteiger partial charge in [0.2, 0.25) is 10.0 Å². The highest BCUT2D eigenvalue weighted by Crippen LogP contribution is 2.33. The normalized spacial score (nSPS) is 32.9. The molecule has 7 nitrogen and oxygen atoms in total.